The SMILES string of the molecule is CC1OC(=O)C2(C(C)C(N)=O)CC(F)(F)C(C)CC12. The molecule has 0 bridgehead atoms. The van der Waals surface area contributed by atoms with Crippen LogP contribution in [0.5, 0.6) is 0 Å². The molecule has 1 amide bonds. The van der Waals surface area contributed by atoms with Gasteiger partial charge in [0.2, 0.25) is 5.91 Å². The Morgan fingerprint density at radius 2 is 2.05 bits per heavy atom. The van der Waals surface area contributed by atoms with Crippen molar-refractivity contribution in [2.24, 2.45) is 28.9 Å². The van der Waals surface area contributed by atoms with E-state index in [4.69, 9.17) is 10.5 Å². The van der Waals surface area contributed by atoms with Crippen LogP contribution in [0.25, 0.3) is 0 Å². The number of amides is 1. The van der Waals surface area contributed by atoms with E-state index in [9.17, 15) is 18.4 Å². The molecule has 1 aliphatic carbocycles. The second-order valence-corrected chi connectivity index (χ2v) is 5.96. The molecule has 0 aromatic heterocycles. The Morgan fingerprint density at radius 3 is 2.58 bits per heavy atom. The number of carbonyl (C=O) groups is 2. The minimum atomic E-state index is -2.98. The number of hydrogen-bond donors (Lipinski definition) is 1. The summed E-state index contributed by atoms with van der Waals surface area (Å²) in [5.74, 6) is -6.58. The molecular weight excluding hydrogens is 256 g/mol. The highest BCUT2D eigenvalue weighted by molar-refractivity contribution is 5.88. The summed E-state index contributed by atoms with van der Waals surface area (Å²) >= 11 is 0. The number of esters is 1. The maximum absolute atomic E-state index is 14.0. The molecule has 1 heterocycles. The van der Waals surface area contributed by atoms with Crippen LogP contribution < -0.4 is 5.73 Å². The highest BCUT2D eigenvalue weighted by Crippen LogP contribution is 2.59. The molecule has 0 aromatic carbocycles. The highest BCUT2D eigenvalue weighted by atomic mass is 19.3. The topological polar surface area (TPSA) is 69.4 Å². The first-order chi connectivity index (χ1) is 8.63. The fourth-order valence-electron chi connectivity index (χ4n) is 3.56. The number of rotatable bonds is 2. The van der Waals surface area contributed by atoms with Crippen molar-refractivity contribution in [1.82, 2.24) is 0 Å². The van der Waals surface area contributed by atoms with E-state index in [0.29, 0.717) is 0 Å². The normalized spacial score (nSPS) is 42.4. The van der Waals surface area contributed by atoms with Crippen LogP contribution in [0.4, 0.5) is 8.78 Å². The van der Waals surface area contributed by atoms with Crippen molar-refractivity contribution in [3.8, 4) is 0 Å². The monoisotopic (exact) mass is 275 g/mol. The molecule has 0 aromatic rings. The Morgan fingerprint density at radius 1 is 1.47 bits per heavy atom. The molecule has 0 spiro atoms. The third kappa shape index (κ3) is 1.83. The number of halogens is 2. The first-order valence-electron chi connectivity index (χ1n) is 6.51. The molecule has 1 saturated heterocycles. The lowest BCUT2D eigenvalue weighted by atomic mass is 9.56. The van der Waals surface area contributed by atoms with Crippen molar-refractivity contribution in [2.45, 2.75) is 45.6 Å². The van der Waals surface area contributed by atoms with E-state index in [0.717, 1.165) is 0 Å². The molecule has 19 heavy (non-hydrogen) atoms. The average molecular weight is 275 g/mol. The van der Waals surface area contributed by atoms with Crippen LogP contribution in [0.15, 0.2) is 0 Å². The van der Waals surface area contributed by atoms with E-state index < -0.39 is 47.6 Å². The van der Waals surface area contributed by atoms with Crippen molar-refractivity contribution in [1.29, 1.82) is 0 Å². The number of nitrogens with two attached hydrogens (primary N) is 1. The van der Waals surface area contributed by atoms with Gasteiger partial charge in [0.25, 0.3) is 5.92 Å². The van der Waals surface area contributed by atoms with Crippen molar-refractivity contribution in [2.75, 3.05) is 0 Å². The van der Waals surface area contributed by atoms with Crippen LogP contribution in [-0.2, 0) is 14.3 Å². The lowest BCUT2D eigenvalue weighted by molar-refractivity contribution is -0.174. The largest absolute Gasteiger partial charge is 0.462 e. The van der Waals surface area contributed by atoms with Gasteiger partial charge in [-0.2, -0.15) is 0 Å². The Labute approximate surface area is 110 Å². The molecule has 2 rings (SSSR count). The van der Waals surface area contributed by atoms with Gasteiger partial charge in [0.05, 0.1) is 11.3 Å². The van der Waals surface area contributed by atoms with Crippen LogP contribution in [0.1, 0.15) is 33.6 Å². The van der Waals surface area contributed by atoms with Crippen LogP contribution in [0.2, 0.25) is 0 Å². The van der Waals surface area contributed by atoms with Crippen molar-refractivity contribution < 1.29 is 23.1 Å². The van der Waals surface area contributed by atoms with Crippen LogP contribution in [0, 0.1) is 23.2 Å². The van der Waals surface area contributed by atoms with Gasteiger partial charge in [-0.25, -0.2) is 8.78 Å². The Hall–Kier alpha value is -1.20. The molecule has 6 heteroatoms. The summed E-state index contributed by atoms with van der Waals surface area (Å²) in [6.45, 7) is 4.60. The lowest BCUT2D eigenvalue weighted by Crippen LogP contribution is -2.54. The minimum absolute atomic E-state index is 0.164. The van der Waals surface area contributed by atoms with Gasteiger partial charge in [-0.05, 0) is 13.3 Å². The molecular formula is C13H19F2NO3. The van der Waals surface area contributed by atoms with Gasteiger partial charge in [-0.15, -0.1) is 0 Å². The van der Waals surface area contributed by atoms with E-state index in [1.807, 2.05) is 0 Å². The number of cyclic esters (lactones) is 1. The van der Waals surface area contributed by atoms with E-state index in [1.165, 1.54) is 13.8 Å². The zero-order valence-corrected chi connectivity index (χ0v) is 11.3. The summed E-state index contributed by atoms with van der Waals surface area (Å²) in [6, 6.07) is 0. The Balaban J connectivity index is 2.49. The molecule has 1 aliphatic heterocycles. The quantitative estimate of drug-likeness (QED) is 0.780. The third-order valence-corrected chi connectivity index (χ3v) is 4.96. The zero-order chi connectivity index (χ0) is 14.6. The first-order valence-corrected chi connectivity index (χ1v) is 6.51. The lowest BCUT2D eigenvalue weighted by Gasteiger charge is -2.45. The number of primary amides is 1. The van der Waals surface area contributed by atoms with Gasteiger partial charge < -0.3 is 10.5 Å². The van der Waals surface area contributed by atoms with Gasteiger partial charge in [0, 0.05) is 18.3 Å². The van der Waals surface area contributed by atoms with Gasteiger partial charge >= 0.3 is 5.97 Å². The van der Waals surface area contributed by atoms with Crippen molar-refractivity contribution >= 4 is 11.9 Å². The number of fused-ring (bicyclic) bond motifs is 1. The predicted molar refractivity (Wildman–Crippen MR) is 63.2 cm³/mol. The third-order valence-electron chi connectivity index (χ3n) is 4.96. The van der Waals surface area contributed by atoms with Gasteiger partial charge in [-0.1, -0.05) is 13.8 Å². The summed E-state index contributed by atoms with van der Waals surface area (Å²) in [6.07, 6.45) is -0.941. The fourth-order valence-corrected chi connectivity index (χ4v) is 3.56. The molecule has 4 nitrogen and oxygen atoms in total. The maximum atomic E-state index is 14.0. The van der Waals surface area contributed by atoms with Crippen molar-refractivity contribution in [3.63, 3.8) is 0 Å². The van der Waals surface area contributed by atoms with Crippen LogP contribution >= 0.6 is 0 Å². The molecule has 2 aliphatic rings. The summed E-state index contributed by atoms with van der Waals surface area (Å²) < 4.78 is 33.2. The summed E-state index contributed by atoms with van der Waals surface area (Å²) in [4.78, 5) is 23.6. The van der Waals surface area contributed by atoms with E-state index in [2.05, 4.69) is 0 Å². The predicted octanol–water partition coefficient (Wildman–Crippen LogP) is 1.72. The maximum Gasteiger partial charge on any atom is 0.313 e. The Kier molecular flexibility index (Phi) is 3.10. The summed E-state index contributed by atoms with van der Waals surface area (Å²) in [5, 5.41) is 0. The first kappa shape index (κ1) is 14.2. The van der Waals surface area contributed by atoms with Crippen molar-refractivity contribution in [3.05, 3.63) is 0 Å². The molecule has 2 fully saturated rings. The molecule has 108 valence electrons. The van der Waals surface area contributed by atoms with Crippen LogP contribution in [0.3, 0.4) is 0 Å². The van der Waals surface area contributed by atoms with Gasteiger partial charge in [0.15, 0.2) is 0 Å². The van der Waals surface area contributed by atoms with E-state index >= 15 is 0 Å². The smallest absolute Gasteiger partial charge is 0.313 e. The molecule has 1 saturated carbocycles. The average Bonchev–Trinajstić information content (AvgIpc) is 2.51. The van der Waals surface area contributed by atoms with E-state index in [-0.39, 0.29) is 12.3 Å². The van der Waals surface area contributed by atoms with Crippen LogP contribution in [-0.4, -0.2) is 23.9 Å². The second kappa shape index (κ2) is 4.15. The highest BCUT2D eigenvalue weighted by Gasteiger charge is 2.67. The zero-order valence-electron chi connectivity index (χ0n) is 11.3. The van der Waals surface area contributed by atoms with E-state index in [1.54, 1.807) is 6.92 Å². The summed E-state index contributed by atoms with van der Waals surface area (Å²) in [5.41, 5.74) is 3.79. The number of carbonyl (C=O) groups excluding carboxylic acids is 2. The number of hydrogen-bond acceptors (Lipinski definition) is 3. The molecule has 5 unspecified atom stereocenters. The minimum Gasteiger partial charge on any atom is -0.462 e. The molecule has 5 atom stereocenters. The van der Waals surface area contributed by atoms with Gasteiger partial charge in [0.1, 0.15) is 6.10 Å². The number of alkyl halides is 2. The van der Waals surface area contributed by atoms with Gasteiger partial charge in [-0.3, -0.25) is 9.59 Å². The second-order valence-electron chi connectivity index (χ2n) is 5.96. The summed E-state index contributed by atoms with van der Waals surface area (Å²) in [7, 11) is 0. The number of ether oxygens (including phenoxy) is 1. The molecule has 0 radical (unpaired) electrons. The Bertz CT molecular complexity index is 426. The standard InChI is InChI=1S/C13H19F2NO3/c1-6-4-9-8(3)19-11(18)12(9,5-13(6,14)15)7(2)10(16)17/h6-9H,4-5H2,1-3H3,(H2,16,17). The molecule has 2 N–H and O–H groups in total. The fraction of sp³-hybridized carbons (Fsp3) is 0.846.